The van der Waals surface area contributed by atoms with E-state index in [-0.39, 0.29) is 30.9 Å². The number of esters is 2. The van der Waals surface area contributed by atoms with E-state index in [0.29, 0.717) is 6.61 Å². The van der Waals surface area contributed by atoms with Crippen LogP contribution in [0.3, 0.4) is 0 Å². The van der Waals surface area contributed by atoms with Gasteiger partial charge in [-0.3, -0.25) is 9.59 Å². The number of allylic oxidation sites excluding steroid dienone is 1. The summed E-state index contributed by atoms with van der Waals surface area (Å²) in [7, 11) is 0. The Morgan fingerprint density at radius 1 is 0.958 bits per heavy atom. The van der Waals surface area contributed by atoms with Gasteiger partial charge in [0, 0.05) is 0 Å². The SMILES string of the molecule is C=CCCCCOC(=O)CCC(=O)OC(C)CCCCCCCC. The summed E-state index contributed by atoms with van der Waals surface area (Å²) >= 11 is 0. The summed E-state index contributed by atoms with van der Waals surface area (Å²) < 4.78 is 10.4. The fraction of sp³-hybridized carbons (Fsp3) is 0.800. The third kappa shape index (κ3) is 15.6. The van der Waals surface area contributed by atoms with Crippen LogP contribution in [0.5, 0.6) is 0 Å². The Kier molecular flexibility index (Phi) is 15.6. The molecule has 0 rings (SSSR count). The third-order valence-electron chi connectivity index (χ3n) is 3.90. The Balaban J connectivity index is 3.55. The molecule has 1 atom stereocenters. The van der Waals surface area contributed by atoms with Gasteiger partial charge >= 0.3 is 11.9 Å². The maximum absolute atomic E-state index is 11.7. The van der Waals surface area contributed by atoms with Crippen molar-refractivity contribution in [3.63, 3.8) is 0 Å². The van der Waals surface area contributed by atoms with Gasteiger partial charge in [0.25, 0.3) is 0 Å². The van der Waals surface area contributed by atoms with Gasteiger partial charge in [-0.15, -0.1) is 6.58 Å². The number of carbonyl (C=O) groups excluding carboxylic acids is 2. The molecule has 0 aromatic rings. The maximum Gasteiger partial charge on any atom is 0.306 e. The molecule has 0 aliphatic heterocycles. The summed E-state index contributed by atoms with van der Waals surface area (Å²) in [5.41, 5.74) is 0. The molecule has 0 fully saturated rings. The zero-order valence-corrected chi connectivity index (χ0v) is 15.7. The number of carbonyl (C=O) groups is 2. The molecule has 0 aromatic heterocycles. The van der Waals surface area contributed by atoms with Crippen LogP contribution in [-0.4, -0.2) is 24.6 Å². The van der Waals surface area contributed by atoms with Crippen LogP contribution in [0, 0.1) is 0 Å². The van der Waals surface area contributed by atoms with Crippen LogP contribution in [0.25, 0.3) is 0 Å². The minimum absolute atomic E-state index is 0.0707. The minimum atomic E-state index is -0.325. The first-order chi connectivity index (χ1) is 11.6. The molecule has 0 heterocycles. The Hall–Kier alpha value is -1.32. The van der Waals surface area contributed by atoms with Gasteiger partial charge in [0.2, 0.25) is 0 Å². The van der Waals surface area contributed by atoms with Crippen molar-refractivity contribution in [2.24, 2.45) is 0 Å². The molecule has 0 saturated carbocycles. The van der Waals surface area contributed by atoms with Crippen molar-refractivity contribution in [1.82, 2.24) is 0 Å². The average Bonchev–Trinajstić information content (AvgIpc) is 2.56. The molecular weight excluding hydrogens is 304 g/mol. The molecule has 1 unspecified atom stereocenters. The van der Waals surface area contributed by atoms with Gasteiger partial charge < -0.3 is 9.47 Å². The van der Waals surface area contributed by atoms with Crippen LogP contribution in [0.15, 0.2) is 12.7 Å². The molecule has 0 N–H and O–H groups in total. The maximum atomic E-state index is 11.7. The van der Waals surface area contributed by atoms with Gasteiger partial charge in [-0.1, -0.05) is 45.1 Å². The summed E-state index contributed by atoms with van der Waals surface area (Å²) in [6.45, 7) is 8.18. The number of rotatable bonds is 16. The van der Waals surface area contributed by atoms with E-state index in [4.69, 9.17) is 9.47 Å². The van der Waals surface area contributed by atoms with E-state index in [1.807, 2.05) is 13.0 Å². The number of hydrogen-bond donors (Lipinski definition) is 0. The monoisotopic (exact) mass is 340 g/mol. The highest BCUT2D eigenvalue weighted by Gasteiger charge is 2.12. The lowest BCUT2D eigenvalue weighted by Gasteiger charge is -2.13. The Morgan fingerprint density at radius 3 is 2.33 bits per heavy atom. The molecule has 0 spiro atoms. The van der Waals surface area contributed by atoms with Crippen molar-refractivity contribution in [3.8, 4) is 0 Å². The van der Waals surface area contributed by atoms with Crippen LogP contribution >= 0.6 is 0 Å². The van der Waals surface area contributed by atoms with Crippen molar-refractivity contribution in [3.05, 3.63) is 12.7 Å². The van der Waals surface area contributed by atoms with Gasteiger partial charge in [0.15, 0.2) is 0 Å². The van der Waals surface area contributed by atoms with Crippen LogP contribution in [0.4, 0.5) is 0 Å². The molecule has 4 heteroatoms. The van der Waals surface area contributed by atoms with Crippen LogP contribution < -0.4 is 0 Å². The van der Waals surface area contributed by atoms with Gasteiger partial charge in [-0.2, -0.15) is 0 Å². The van der Waals surface area contributed by atoms with Crippen molar-refractivity contribution in [1.29, 1.82) is 0 Å². The molecule has 0 aliphatic carbocycles. The highest BCUT2D eigenvalue weighted by Crippen LogP contribution is 2.11. The zero-order valence-electron chi connectivity index (χ0n) is 15.7. The van der Waals surface area contributed by atoms with E-state index in [2.05, 4.69) is 13.5 Å². The van der Waals surface area contributed by atoms with Gasteiger partial charge in [0.1, 0.15) is 0 Å². The lowest BCUT2D eigenvalue weighted by molar-refractivity contribution is -0.153. The van der Waals surface area contributed by atoms with E-state index in [9.17, 15) is 9.59 Å². The van der Waals surface area contributed by atoms with E-state index in [1.165, 1.54) is 32.1 Å². The van der Waals surface area contributed by atoms with E-state index < -0.39 is 0 Å². The number of hydrogen-bond acceptors (Lipinski definition) is 4. The lowest BCUT2D eigenvalue weighted by Crippen LogP contribution is -2.16. The fourth-order valence-corrected chi connectivity index (χ4v) is 2.41. The quantitative estimate of drug-likeness (QED) is 0.216. The Bertz CT molecular complexity index is 339. The highest BCUT2D eigenvalue weighted by molar-refractivity contribution is 5.77. The van der Waals surface area contributed by atoms with Gasteiger partial charge in [-0.25, -0.2) is 0 Å². The minimum Gasteiger partial charge on any atom is -0.466 e. The standard InChI is InChI=1S/C20H36O4/c1-4-6-8-10-11-12-14-18(3)24-20(22)16-15-19(21)23-17-13-9-7-5-2/h5,18H,2,4,6-17H2,1,3H3. The van der Waals surface area contributed by atoms with Crippen molar-refractivity contribution in [2.75, 3.05) is 6.61 Å². The number of unbranched alkanes of at least 4 members (excludes halogenated alkanes) is 7. The summed E-state index contributed by atoms with van der Waals surface area (Å²) in [4.78, 5) is 23.2. The topological polar surface area (TPSA) is 52.6 Å². The van der Waals surface area contributed by atoms with Crippen molar-refractivity contribution >= 4 is 11.9 Å². The molecule has 0 radical (unpaired) electrons. The van der Waals surface area contributed by atoms with E-state index in [0.717, 1.165) is 32.1 Å². The largest absolute Gasteiger partial charge is 0.466 e. The molecule has 4 nitrogen and oxygen atoms in total. The molecule has 24 heavy (non-hydrogen) atoms. The van der Waals surface area contributed by atoms with Gasteiger partial charge in [-0.05, 0) is 39.0 Å². The normalized spacial score (nSPS) is 11.8. The molecule has 0 aliphatic rings. The lowest BCUT2D eigenvalue weighted by atomic mass is 10.1. The molecule has 0 saturated heterocycles. The molecular formula is C20H36O4. The first kappa shape index (κ1) is 22.7. The smallest absolute Gasteiger partial charge is 0.306 e. The fourth-order valence-electron chi connectivity index (χ4n) is 2.41. The van der Waals surface area contributed by atoms with E-state index in [1.54, 1.807) is 0 Å². The number of ether oxygens (including phenoxy) is 2. The first-order valence-electron chi connectivity index (χ1n) is 9.56. The summed E-state index contributed by atoms with van der Waals surface area (Å²) in [5.74, 6) is -0.633. The first-order valence-corrected chi connectivity index (χ1v) is 9.56. The second-order valence-electron chi connectivity index (χ2n) is 6.36. The zero-order chi connectivity index (χ0) is 18.0. The average molecular weight is 341 g/mol. The summed E-state index contributed by atoms with van der Waals surface area (Å²) in [6, 6.07) is 0. The highest BCUT2D eigenvalue weighted by atomic mass is 16.5. The Labute approximate surface area is 148 Å². The second-order valence-corrected chi connectivity index (χ2v) is 6.36. The molecule has 0 aromatic carbocycles. The Morgan fingerprint density at radius 2 is 1.62 bits per heavy atom. The summed E-state index contributed by atoms with van der Waals surface area (Å²) in [6.07, 6.45) is 13.0. The predicted octanol–water partition coefficient (Wildman–Crippen LogP) is 5.35. The second kappa shape index (κ2) is 16.5. The van der Waals surface area contributed by atoms with Gasteiger partial charge in [0.05, 0.1) is 25.6 Å². The molecule has 140 valence electrons. The van der Waals surface area contributed by atoms with E-state index >= 15 is 0 Å². The van der Waals surface area contributed by atoms with Crippen molar-refractivity contribution in [2.45, 2.75) is 97.0 Å². The van der Waals surface area contributed by atoms with Crippen LogP contribution in [0.1, 0.15) is 90.9 Å². The van der Waals surface area contributed by atoms with Crippen LogP contribution in [-0.2, 0) is 19.1 Å². The summed E-state index contributed by atoms with van der Waals surface area (Å²) in [5, 5.41) is 0. The molecule has 0 bridgehead atoms. The predicted molar refractivity (Wildman–Crippen MR) is 97.8 cm³/mol. The van der Waals surface area contributed by atoms with Crippen molar-refractivity contribution < 1.29 is 19.1 Å². The molecule has 0 amide bonds. The third-order valence-corrected chi connectivity index (χ3v) is 3.90. The van der Waals surface area contributed by atoms with Crippen LogP contribution in [0.2, 0.25) is 0 Å².